The molecule has 1 aromatic rings. The summed E-state index contributed by atoms with van der Waals surface area (Å²) >= 11 is 11.8. The summed E-state index contributed by atoms with van der Waals surface area (Å²) in [4.78, 5) is 23.7. The van der Waals surface area contributed by atoms with Crippen molar-refractivity contribution in [3.63, 3.8) is 0 Å². The topological polar surface area (TPSA) is 75.6 Å². The Morgan fingerprint density at radius 3 is 2.45 bits per heavy atom. The van der Waals surface area contributed by atoms with Crippen molar-refractivity contribution >= 4 is 35.1 Å². The first-order valence-corrected chi connectivity index (χ1v) is 7.51. The van der Waals surface area contributed by atoms with Crippen LogP contribution in [0.1, 0.15) is 5.56 Å². The van der Waals surface area contributed by atoms with Gasteiger partial charge in [0.2, 0.25) is 5.91 Å². The van der Waals surface area contributed by atoms with Crippen LogP contribution in [0.15, 0.2) is 30.4 Å². The number of hydrogen-bond donors (Lipinski definition) is 2. The highest BCUT2D eigenvalue weighted by molar-refractivity contribution is 6.42. The number of benzene rings is 1. The molecule has 7 heteroatoms. The van der Waals surface area contributed by atoms with Crippen molar-refractivity contribution in [1.29, 1.82) is 0 Å². The van der Waals surface area contributed by atoms with E-state index in [9.17, 15) is 14.7 Å². The molecule has 3 rings (SSSR count). The Morgan fingerprint density at radius 2 is 1.82 bits per heavy atom. The van der Waals surface area contributed by atoms with Gasteiger partial charge in [-0.25, -0.2) is 0 Å². The average molecular weight is 342 g/mol. The van der Waals surface area contributed by atoms with Crippen molar-refractivity contribution in [2.45, 2.75) is 18.8 Å². The highest BCUT2D eigenvalue weighted by Gasteiger charge is 2.53. The largest absolute Gasteiger partial charge is 0.481 e. The number of carboxylic acid groups (broad SMARTS) is 1. The molecule has 0 saturated carbocycles. The number of halogens is 2. The molecule has 22 heavy (non-hydrogen) atoms. The van der Waals surface area contributed by atoms with Gasteiger partial charge in [0.25, 0.3) is 0 Å². The van der Waals surface area contributed by atoms with Crippen LogP contribution in [0.5, 0.6) is 0 Å². The fraction of sp³-hybridized carbons (Fsp3) is 0.333. The number of aliphatic carboxylic acids is 1. The Labute approximate surface area is 136 Å². The monoisotopic (exact) mass is 341 g/mol. The molecule has 116 valence electrons. The molecule has 1 saturated heterocycles. The van der Waals surface area contributed by atoms with E-state index >= 15 is 0 Å². The number of hydrogen-bond acceptors (Lipinski definition) is 3. The molecule has 1 fully saturated rings. The van der Waals surface area contributed by atoms with Gasteiger partial charge in [-0.15, -0.1) is 0 Å². The van der Waals surface area contributed by atoms with Crippen LogP contribution in [-0.4, -0.2) is 29.2 Å². The van der Waals surface area contributed by atoms with Gasteiger partial charge in [0, 0.05) is 6.54 Å². The normalized spacial score (nSPS) is 28.8. The highest BCUT2D eigenvalue weighted by atomic mass is 35.5. The molecule has 5 nitrogen and oxygen atoms in total. The van der Waals surface area contributed by atoms with Gasteiger partial charge in [0.05, 0.1) is 28.2 Å². The van der Waals surface area contributed by atoms with Crippen LogP contribution in [0.2, 0.25) is 10.0 Å². The lowest BCUT2D eigenvalue weighted by Crippen LogP contribution is -2.42. The summed E-state index contributed by atoms with van der Waals surface area (Å²) in [6, 6.07) is 5.06. The van der Waals surface area contributed by atoms with E-state index in [0.29, 0.717) is 10.0 Å². The van der Waals surface area contributed by atoms with E-state index in [4.69, 9.17) is 27.9 Å². The number of carbonyl (C=O) groups is 2. The third kappa shape index (κ3) is 2.72. The van der Waals surface area contributed by atoms with Gasteiger partial charge < -0.3 is 15.2 Å². The molecule has 1 aromatic carbocycles. The summed E-state index contributed by atoms with van der Waals surface area (Å²) in [5.74, 6) is -2.92. The fourth-order valence-electron chi connectivity index (χ4n) is 2.87. The number of amides is 1. The van der Waals surface area contributed by atoms with E-state index < -0.39 is 30.0 Å². The Bertz CT molecular complexity index is 661. The predicted molar refractivity (Wildman–Crippen MR) is 80.7 cm³/mol. The Kier molecular flexibility index (Phi) is 4.12. The van der Waals surface area contributed by atoms with Crippen LogP contribution < -0.4 is 5.32 Å². The molecule has 2 heterocycles. The summed E-state index contributed by atoms with van der Waals surface area (Å²) in [6.07, 6.45) is 2.45. The summed E-state index contributed by atoms with van der Waals surface area (Å²) in [7, 11) is 0. The summed E-state index contributed by atoms with van der Waals surface area (Å²) in [5.41, 5.74) is 0.786. The minimum atomic E-state index is -1.02. The molecule has 0 unspecified atom stereocenters. The fourth-order valence-corrected chi connectivity index (χ4v) is 3.19. The first kappa shape index (κ1) is 15.3. The molecule has 0 aliphatic carbocycles. The van der Waals surface area contributed by atoms with Crippen molar-refractivity contribution in [2.24, 2.45) is 11.8 Å². The van der Waals surface area contributed by atoms with E-state index in [2.05, 4.69) is 5.32 Å². The number of nitrogens with one attached hydrogen (secondary N) is 1. The Hall–Kier alpha value is -1.56. The number of carbonyl (C=O) groups excluding carboxylic acids is 1. The lowest BCUT2D eigenvalue weighted by molar-refractivity contribution is -0.146. The number of ether oxygens (including phenoxy) is 1. The zero-order valence-corrected chi connectivity index (χ0v) is 12.8. The second kappa shape index (κ2) is 5.91. The molecule has 0 radical (unpaired) electrons. The van der Waals surface area contributed by atoms with E-state index in [0.717, 1.165) is 5.56 Å². The highest BCUT2D eigenvalue weighted by Crippen LogP contribution is 2.39. The van der Waals surface area contributed by atoms with Crippen molar-refractivity contribution in [3.8, 4) is 0 Å². The Morgan fingerprint density at radius 1 is 1.14 bits per heavy atom. The number of rotatable bonds is 4. The lowest BCUT2D eigenvalue weighted by atomic mass is 9.82. The zero-order chi connectivity index (χ0) is 15.9. The van der Waals surface area contributed by atoms with Crippen LogP contribution >= 0.6 is 23.2 Å². The molecule has 2 aliphatic rings. The first-order valence-electron chi connectivity index (χ1n) is 6.75. The van der Waals surface area contributed by atoms with Gasteiger partial charge in [-0.1, -0.05) is 41.4 Å². The average Bonchev–Trinajstić information content (AvgIpc) is 3.08. The van der Waals surface area contributed by atoms with Crippen LogP contribution in [0.25, 0.3) is 0 Å². The molecule has 4 atom stereocenters. The Balaban J connectivity index is 1.68. The molecular weight excluding hydrogens is 329 g/mol. The third-order valence-corrected chi connectivity index (χ3v) is 4.68. The van der Waals surface area contributed by atoms with Crippen LogP contribution in [0.4, 0.5) is 0 Å². The van der Waals surface area contributed by atoms with E-state index in [-0.39, 0.29) is 12.5 Å². The van der Waals surface area contributed by atoms with Crippen LogP contribution in [-0.2, 0) is 20.9 Å². The van der Waals surface area contributed by atoms with Crippen LogP contribution in [0, 0.1) is 11.8 Å². The second-order valence-electron chi connectivity index (χ2n) is 5.31. The minimum Gasteiger partial charge on any atom is -0.481 e. The van der Waals surface area contributed by atoms with Gasteiger partial charge >= 0.3 is 5.97 Å². The van der Waals surface area contributed by atoms with Crippen molar-refractivity contribution < 1.29 is 19.4 Å². The molecule has 2 bridgehead atoms. The SMILES string of the molecule is O=C(O)[C@@H]1[C@H](C(=O)NCc2ccc(Cl)c(Cl)c2)[C@H]2C=C[C@H]1O2. The molecule has 2 aliphatic heterocycles. The van der Waals surface area contributed by atoms with E-state index in [1.54, 1.807) is 30.4 Å². The maximum Gasteiger partial charge on any atom is 0.310 e. The predicted octanol–water partition coefficient (Wildman–Crippen LogP) is 2.26. The van der Waals surface area contributed by atoms with Crippen molar-refractivity contribution in [1.82, 2.24) is 5.32 Å². The zero-order valence-electron chi connectivity index (χ0n) is 11.3. The lowest BCUT2D eigenvalue weighted by Gasteiger charge is -2.21. The molecule has 1 amide bonds. The van der Waals surface area contributed by atoms with E-state index in [1.807, 2.05) is 0 Å². The molecule has 0 spiro atoms. The molecule has 0 aromatic heterocycles. The van der Waals surface area contributed by atoms with Crippen LogP contribution in [0.3, 0.4) is 0 Å². The maximum atomic E-state index is 12.3. The van der Waals surface area contributed by atoms with Crippen molar-refractivity contribution in [3.05, 3.63) is 46.0 Å². The summed E-state index contributed by atoms with van der Waals surface area (Å²) in [6.45, 7) is 0.250. The number of fused-ring (bicyclic) bond motifs is 2. The minimum absolute atomic E-state index is 0.250. The van der Waals surface area contributed by atoms with E-state index in [1.165, 1.54) is 0 Å². The molecular formula is C15H13Cl2NO4. The van der Waals surface area contributed by atoms with Gasteiger partial charge in [-0.3, -0.25) is 9.59 Å². The summed E-state index contributed by atoms with van der Waals surface area (Å²) in [5, 5.41) is 12.9. The smallest absolute Gasteiger partial charge is 0.310 e. The van der Waals surface area contributed by atoms with Crippen molar-refractivity contribution in [2.75, 3.05) is 0 Å². The molecule has 2 N–H and O–H groups in total. The van der Waals surface area contributed by atoms with Gasteiger partial charge in [0.15, 0.2) is 0 Å². The third-order valence-electron chi connectivity index (χ3n) is 3.94. The maximum absolute atomic E-state index is 12.3. The standard InChI is InChI=1S/C15H13Cl2NO4/c16-8-2-1-7(5-9(8)17)6-18-14(19)12-10-3-4-11(22-10)13(12)15(20)21/h1-5,10-13H,6H2,(H,18,19)(H,20,21)/t10-,11-,12-,13+/m1/s1. The first-order chi connectivity index (χ1) is 10.5. The quantitative estimate of drug-likeness (QED) is 0.823. The van der Waals surface area contributed by atoms with Gasteiger partial charge in [-0.2, -0.15) is 0 Å². The van der Waals surface area contributed by atoms with Gasteiger partial charge in [0.1, 0.15) is 5.92 Å². The summed E-state index contributed by atoms with van der Waals surface area (Å²) < 4.78 is 5.48. The second-order valence-corrected chi connectivity index (χ2v) is 6.12. The number of carboxylic acids is 1. The van der Waals surface area contributed by atoms with Gasteiger partial charge in [-0.05, 0) is 17.7 Å².